The zero-order valence-corrected chi connectivity index (χ0v) is 10.6. The number of alkyl halides is 3. The molecule has 1 atom stereocenters. The summed E-state index contributed by atoms with van der Waals surface area (Å²) in [5.41, 5.74) is -0.356. The second-order valence-electron chi connectivity index (χ2n) is 4.47. The first-order valence-corrected chi connectivity index (χ1v) is 6.03. The molecular formula is C13H16F3NO2. The van der Waals surface area contributed by atoms with Gasteiger partial charge in [-0.05, 0) is 18.7 Å². The second-order valence-corrected chi connectivity index (χ2v) is 4.47. The Labute approximate surface area is 109 Å². The maximum atomic E-state index is 12.9. The van der Waals surface area contributed by atoms with E-state index in [2.05, 4.69) is 0 Å². The van der Waals surface area contributed by atoms with Crippen LogP contribution in [0.3, 0.4) is 0 Å². The third kappa shape index (κ3) is 3.68. The van der Waals surface area contributed by atoms with Crippen LogP contribution in [0.5, 0.6) is 0 Å². The van der Waals surface area contributed by atoms with E-state index in [1.165, 1.54) is 12.1 Å². The zero-order valence-electron chi connectivity index (χ0n) is 10.6. The van der Waals surface area contributed by atoms with Gasteiger partial charge in [0.05, 0.1) is 25.4 Å². The molecule has 1 aliphatic rings. The summed E-state index contributed by atoms with van der Waals surface area (Å²) in [4.78, 5) is 1.73. The van der Waals surface area contributed by atoms with Crippen molar-refractivity contribution in [2.75, 3.05) is 26.9 Å². The van der Waals surface area contributed by atoms with Gasteiger partial charge in [-0.15, -0.1) is 0 Å². The van der Waals surface area contributed by atoms with E-state index in [1.54, 1.807) is 18.0 Å². The van der Waals surface area contributed by atoms with Crippen LogP contribution in [-0.2, 0) is 22.2 Å². The van der Waals surface area contributed by atoms with Crippen molar-refractivity contribution in [3.05, 3.63) is 35.4 Å². The van der Waals surface area contributed by atoms with Crippen molar-refractivity contribution in [2.45, 2.75) is 18.9 Å². The molecule has 1 aromatic rings. The van der Waals surface area contributed by atoms with E-state index < -0.39 is 11.7 Å². The van der Waals surface area contributed by atoms with Crippen molar-refractivity contribution in [1.82, 2.24) is 4.90 Å². The van der Waals surface area contributed by atoms with Crippen LogP contribution in [0, 0.1) is 0 Å². The van der Waals surface area contributed by atoms with Gasteiger partial charge in [0.25, 0.3) is 0 Å². The van der Waals surface area contributed by atoms with Gasteiger partial charge in [0.2, 0.25) is 0 Å². The molecule has 0 aliphatic carbocycles. The first kappa shape index (κ1) is 14.3. The number of hydrogen-bond donors (Lipinski definition) is 0. The Kier molecular flexibility index (Phi) is 4.44. The lowest BCUT2D eigenvalue weighted by atomic mass is 10.1. The highest BCUT2D eigenvalue weighted by Crippen LogP contribution is 2.32. The molecule has 0 bridgehead atoms. The summed E-state index contributed by atoms with van der Waals surface area (Å²) < 4.78 is 49.3. The fourth-order valence-electron chi connectivity index (χ4n) is 2.04. The monoisotopic (exact) mass is 275 g/mol. The summed E-state index contributed by atoms with van der Waals surface area (Å²) >= 11 is 0. The standard InChI is InChI=1S/C13H16F3NO2/c1-17(12-9-18-6-7-19-12)8-10-4-2-3-5-11(10)13(14,15)16/h2-5,12H,6-9H2,1H3. The third-order valence-electron chi connectivity index (χ3n) is 3.03. The Morgan fingerprint density at radius 3 is 2.63 bits per heavy atom. The predicted molar refractivity (Wildman–Crippen MR) is 63.5 cm³/mol. The number of likely N-dealkylation sites (N-methyl/N-ethyl adjacent to an activating group) is 1. The zero-order chi connectivity index (χ0) is 13.9. The van der Waals surface area contributed by atoms with Crippen molar-refractivity contribution in [2.24, 2.45) is 0 Å². The van der Waals surface area contributed by atoms with Gasteiger partial charge < -0.3 is 9.47 Å². The van der Waals surface area contributed by atoms with Gasteiger partial charge >= 0.3 is 6.18 Å². The van der Waals surface area contributed by atoms with Crippen molar-refractivity contribution < 1.29 is 22.6 Å². The Bertz CT molecular complexity index is 417. The molecule has 1 aromatic carbocycles. The van der Waals surface area contributed by atoms with Crippen molar-refractivity contribution in [3.63, 3.8) is 0 Å². The Hall–Kier alpha value is -1.11. The normalized spacial score (nSPS) is 20.8. The first-order valence-electron chi connectivity index (χ1n) is 6.03. The van der Waals surface area contributed by atoms with Crippen LogP contribution >= 0.6 is 0 Å². The Morgan fingerprint density at radius 2 is 2.00 bits per heavy atom. The van der Waals surface area contributed by atoms with Crippen LogP contribution in [0.15, 0.2) is 24.3 Å². The molecule has 106 valence electrons. The fourth-order valence-corrected chi connectivity index (χ4v) is 2.04. The smallest absolute Gasteiger partial charge is 0.375 e. The van der Waals surface area contributed by atoms with Gasteiger partial charge in [-0.2, -0.15) is 13.2 Å². The number of rotatable bonds is 3. The molecule has 1 heterocycles. The lowest BCUT2D eigenvalue weighted by molar-refractivity contribution is -0.152. The van der Waals surface area contributed by atoms with E-state index in [0.717, 1.165) is 6.07 Å². The summed E-state index contributed by atoms with van der Waals surface area (Å²) in [5.74, 6) is 0. The molecule has 0 saturated carbocycles. The molecule has 0 amide bonds. The number of benzene rings is 1. The SMILES string of the molecule is CN(Cc1ccccc1C(F)(F)F)C1COCCO1. The van der Waals surface area contributed by atoms with E-state index in [1.807, 2.05) is 0 Å². The molecule has 1 unspecified atom stereocenters. The molecule has 19 heavy (non-hydrogen) atoms. The van der Waals surface area contributed by atoms with Crippen LogP contribution in [-0.4, -0.2) is 38.0 Å². The highest BCUT2D eigenvalue weighted by atomic mass is 19.4. The van der Waals surface area contributed by atoms with Crippen LogP contribution < -0.4 is 0 Å². The molecule has 2 rings (SSSR count). The molecule has 6 heteroatoms. The average molecular weight is 275 g/mol. The van der Waals surface area contributed by atoms with Gasteiger partial charge in [0, 0.05) is 6.54 Å². The maximum absolute atomic E-state index is 12.9. The van der Waals surface area contributed by atoms with Crippen LogP contribution in [0.2, 0.25) is 0 Å². The summed E-state index contributed by atoms with van der Waals surface area (Å²) in [5, 5.41) is 0. The quantitative estimate of drug-likeness (QED) is 0.846. The highest BCUT2D eigenvalue weighted by molar-refractivity contribution is 5.29. The first-order chi connectivity index (χ1) is 8.98. The van der Waals surface area contributed by atoms with Crippen LogP contribution in [0.1, 0.15) is 11.1 Å². The lowest BCUT2D eigenvalue weighted by Gasteiger charge is -2.31. The predicted octanol–water partition coefficient (Wildman–Crippen LogP) is 2.51. The highest BCUT2D eigenvalue weighted by Gasteiger charge is 2.33. The minimum Gasteiger partial charge on any atom is -0.375 e. The molecule has 1 aliphatic heterocycles. The summed E-state index contributed by atoms with van der Waals surface area (Å²) in [6.07, 6.45) is -4.63. The fraction of sp³-hybridized carbons (Fsp3) is 0.538. The average Bonchev–Trinajstić information content (AvgIpc) is 2.39. The van der Waals surface area contributed by atoms with Crippen LogP contribution in [0.25, 0.3) is 0 Å². The van der Waals surface area contributed by atoms with Gasteiger partial charge in [-0.25, -0.2) is 0 Å². The molecule has 1 fully saturated rings. The molecular weight excluding hydrogens is 259 g/mol. The molecule has 0 radical (unpaired) electrons. The number of halogens is 3. The Balaban J connectivity index is 2.10. The molecule has 0 aromatic heterocycles. The maximum Gasteiger partial charge on any atom is 0.416 e. The largest absolute Gasteiger partial charge is 0.416 e. The topological polar surface area (TPSA) is 21.7 Å². The van der Waals surface area contributed by atoms with Crippen LogP contribution in [0.4, 0.5) is 13.2 Å². The van der Waals surface area contributed by atoms with Gasteiger partial charge in [-0.3, -0.25) is 4.90 Å². The lowest BCUT2D eigenvalue weighted by Crippen LogP contribution is -2.41. The number of nitrogens with zero attached hydrogens (tertiary/aromatic N) is 1. The Morgan fingerprint density at radius 1 is 1.26 bits per heavy atom. The second kappa shape index (κ2) is 5.90. The van der Waals surface area contributed by atoms with E-state index in [-0.39, 0.29) is 18.3 Å². The third-order valence-corrected chi connectivity index (χ3v) is 3.03. The molecule has 0 spiro atoms. The van der Waals surface area contributed by atoms with Crippen molar-refractivity contribution >= 4 is 0 Å². The van der Waals surface area contributed by atoms with E-state index in [9.17, 15) is 13.2 Å². The molecule has 0 N–H and O–H groups in total. The van der Waals surface area contributed by atoms with Gasteiger partial charge in [0.15, 0.2) is 0 Å². The van der Waals surface area contributed by atoms with Gasteiger partial charge in [-0.1, -0.05) is 18.2 Å². The minimum absolute atomic E-state index is 0.170. The summed E-state index contributed by atoms with van der Waals surface area (Å²) in [6, 6.07) is 5.59. The summed E-state index contributed by atoms with van der Waals surface area (Å²) in [7, 11) is 1.73. The minimum atomic E-state index is -4.33. The van der Waals surface area contributed by atoms with E-state index >= 15 is 0 Å². The van der Waals surface area contributed by atoms with E-state index in [4.69, 9.17) is 9.47 Å². The molecule has 1 saturated heterocycles. The summed E-state index contributed by atoms with van der Waals surface area (Å²) in [6.45, 7) is 1.55. The van der Waals surface area contributed by atoms with Crippen molar-refractivity contribution in [1.29, 1.82) is 0 Å². The number of hydrogen-bond acceptors (Lipinski definition) is 3. The molecule has 3 nitrogen and oxygen atoms in total. The van der Waals surface area contributed by atoms with E-state index in [0.29, 0.717) is 19.8 Å². The van der Waals surface area contributed by atoms with Crippen molar-refractivity contribution in [3.8, 4) is 0 Å². The van der Waals surface area contributed by atoms with Gasteiger partial charge in [0.1, 0.15) is 6.23 Å². The number of ether oxygens (including phenoxy) is 2.